The first-order valence-corrected chi connectivity index (χ1v) is 8.37. The quantitative estimate of drug-likeness (QED) is 0.307. The molecule has 0 aromatic rings. The highest BCUT2D eigenvalue weighted by Crippen LogP contribution is 2.22. The fourth-order valence-electron chi connectivity index (χ4n) is 1.96. The fraction of sp³-hybridized carbons (Fsp3) is 0.923. The predicted octanol–water partition coefficient (Wildman–Crippen LogP) is -1.94. The third-order valence-electron chi connectivity index (χ3n) is 3.32. The van der Waals surface area contributed by atoms with Crippen LogP contribution in [0, 0.1) is 0 Å². The number of aliphatic hydroxyl groups excluding tert-OH is 4. The molecule has 0 aromatic heterocycles. The maximum atomic E-state index is 11.0. The summed E-state index contributed by atoms with van der Waals surface area (Å²) in [5.74, 6) is 1.51. The van der Waals surface area contributed by atoms with E-state index < -0.39 is 37.3 Å². The van der Waals surface area contributed by atoms with Crippen LogP contribution in [-0.2, 0) is 14.3 Å². The molecule has 2 unspecified atom stereocenters. The second-order valence-electron chi connectivity index (χ2n) is 4.96. The Bertz CT molecular complexity index is 332. The average molecular weight is 339 g/mol. The van der Waals surface area contributed by atoms with Crippen molar-refractivity contribution in [1.82, 2.24) is 5.32 Å². The second-order valence-corrected chi connectivity index (χ2v) is 6.18. The van der Waals surface area contributed by atoms with Gasteiger partial charge in [-0.25, -0.2) is 0 Å². The molecule has 9 heteroatoms. The molecule has 0 aromatic carbocycles. The summed E-state index contributed by atoms with van der Waals surface area (Å²) >= 11 is 1.62. The van der Waals surface area contributed by atoms with Crippen molar-refractivity contribution in [2.24, 2.45) is 0 Å². The van der Waals surface area contributed by atoms with Gasteiger partial charge in [-0.2, -0.15) is 11.8 Å². The second kappa shape index (κ2) is 10.4. The molecular formula is C13H25NO7S. The molecule has 8 nitrogen and oxygen atoms in total. The largest absolute Gasteiger partial charge is 0.394 e. The summed E-state index contributed by atoms with van der Waals surface area (Å²) < 4.78 is 10.6. The van der Waals surface area contributed by atoms with E-state index in [0.29, 0.717) is 19.4 Å². The summed E-state index contributed by atoms with van der Waals surface area (Å²) in [6, 6.07) is 0. The SMILES string of the molecule is CNC(=O)CCSCCCO[C@@H]1OC(CO)[C@H](O)[C@H](O)C1O. The van der Waals surface area contributed by atoms with Crippen molar-refractivity contribution in [2.45, 2.75) is 43.5 Å². The van der Waals surface area contributed by atoms with Crippen LogP contribution in [0.3, 0.4) is 0 Å². The predicted molar refractivity (Wildman–Crippen MR) is 80.3 cm³/mol. The molecule has 0 bridgehead atoms. The monoisotopic (exact) mass is 339 g/mol. The zero-order valence-electron chi connectivity index (χ0n) is 12.6. The van der Waals surface area contributed by atoms with Crippen LogP contribution >= 0.6 is 11.8 Å². The molecular weight excluding hydrogens is 314 g/mol. The molecule has 0 aliphatic carbocycles. The van der Waals surface area contributed by atoms with Crippen LogP contribution in [0.1, 0.15) is 12.8 Å². The van der Waals surface area contributed by atoms with Gasteiger partial charge in [0.1, 0.15) is 24.4 Å². The number of hydrogen-bond donors (Lipinski definition) is 5. The van der Waals surface area contributed by atoms with E-state index in [2.05, 4.69) is 5.32 Å². The van der Waals surface area contributed by atoms with Crippen LogP contribution < -0.4 is 5.32 Å². The van der Waals surface area contributed by atoms with Crippen molar-refractivity contribution in [2.75, 3.05) is 31.8 Å². The minimum absolute atomic E-state index is 0.00469. The first-order valence-electron chi connectivity index (χ1n) is 7.21. The molecule has 1 aliphatic heterocycles. The van der Waals surface area contributed by atoms with Crippen LogP contribution in [-0.4, -0.2) is 88.8 Å². The van der Waals surface area contributed by atoms with E-state index in [0.717, 1.165) is 11.5 Å². The van der Waals surface area contributed by atoms with Crippen LogP contribution in [0.25, 0.3) is 0 Å². The topological polar surface area (TPSA) is 128 Å². The zero-order chi connectivity index (χ0) is 16.5. The lowest BCUT2D eigenvalue weighted by Gasteiger charge is -2.39. The maximum Gasteiger partial charge on any atom is 0.220 e. The van der Waals surface area contributed by atoms with Gasteiger partial charge in [-0.15, -0.1) is 0 Å². The third-order valence-corrected chi connectivity index (χ3v) is 4.39. The highest BCUT2D eigenvalue weighted by molar-refractivity contribution is 7.99. The van der Waals surface area contributed by atoms with Crippen LogP contribution in [0.4, 0.5) is 0 Å². The minimum Gasteiger partial charge on any atom is -0.394 e. The molecule has 130 valence electrons. The van der Waals surface area contributed by atoms with Crippen molar-refractivity contribution in [3.8, 4) is 0 Å². The van der Waals surface area contributed by atoms with Crippen molar-refractivity contribution in [3.05, 3.63) is 0 Å². The molecule has 5 N–H and O–H groups in total. The molecule has 1 fully saturated rings. The smallest absolute Gasteiger partial charge is 0.220 e. The zero-order valence-corrected chi connectivity index (χ0v) is 13.4. The van der Waals surface area contributed by atoms with Gasteiger partial charge in [0.15, 0.2) is 6.29 Å². The molecule has 0 saturated carbocycles. The molecule has 1 aliphatic rings. The normalized spacial score (nSPS) is 32.0. The number of carbonyl (C=O) groups excluding carboxylic acids is 1. The Morgan fingerprint density at radius 3 is 2.59 bits per heavy atom. The van der Waals surface area contributed by atoms with Crippen molar-refractivity contribution < 1.29 is 34.7 Å². The van der Waals surface area contributed by atoms with E-state index >= 15 is 0 Å². The lowest BCUT2D eigenvalue weighted by atomic mass is 9.99. The third kappa shape index (κ3) is 5.99. The van der Waals surface area contributed by atoms with Gasteiger partial charge in [0.2, 0.25) is 5.91 Å². The maximum absolute atomic E-state index is 11.0. The lowest BCUT2D eigenvalue weighted by molar-refractivity contribution is -0.300. The van der Waals surface area contributed by atoms with Gasteiger partial charge in [-0.05, 0) is 12.2 Å². The summed E-state index contributed by atoms with van der Waals surface area (Å²) in [6.45, 7) is -0.171. The number of thioether (sulfide) groups is 1. The Hall–Kier alpha value is -0.420. The van der Waals surface area contributed by atoms with Gasteiger partial charge < -0.3 is 35.2 Å². The highest BCUT2D eigenvalue weighted by atomic mass is 32.2. The first kappa shape index (κ1) is 19.6. The summed E-state index contributed by atoms with van der Waals surface area (Å²) in [6.07, 6.45) is -5.03. The Balaban J connectivity index is 2.17. The van der Waals surface area contributed by atoms with Gasteiger partial charge in [-0.1, -0.05) is 0 Å². The molecule has 0 spiro atoms. The van der Waals surface area contributed by atoms with E-state index in [-0.39, 0.29) is 5.91 Å². The van der Waals surface area contributed by atoms with Crippen LogP contribution in [0.5, 0.6) is 0 Å². The molecule has 0 radical (unpaired) electrons. The van der Waals surface area contributed by atoms with Gasteiger partial charge >= 0.3 is 0 Å². The Morgan fingerprint density at radius 2 is 1.95 bits per heavy atom. The number of nitrogens with one attached hydrogen (secondary N) is 1. The first-order chi connectivity index (χ1) is 10.5. The van der Waals surface area contributed by atoms with Crippen LogP contribution in [0.2, 0.25) is 0 Å². The van der Waals surface area contributed by atoms with Crippen LogP contribution in [0.15, 0.2) is 0 Å². The van der Waals surface area contributed by atoms with E-state index in [9.17, 15) is 20.1 Å². The molecule has 1 saturated heterocycles. The number of aliphatic hydroxyl groups is 4. The summed E-state index contributed by atoms with van der Waals surface area (Å²) in [5.41, 5.74) is 0. The van der Waals surface area contributed by atoms with E-state index in [1.54, 1.807) is 18.8 Å². The fourth-order valence-corrected chi connectivity index (χ4v) is 2.81. The number of carbonyl (C=O) groups is 1. The summed E-state index contributed by atoms with van der Waals surface area (Å²) in [4.78, 5) is 11.0. The van der Waals surface area contributed by atoms with Gasteiger partial charge in [0.05, 0.1) is 13.2 Å². The molecule has 5 atom stereocenters. The number of rotatable bonds is 9. The number of amides is 1. The number of ether oxygens (including phenoxy) is 2. The highest BCUT2D eigenvalue weighted by Gasteiger charge is 2.43. The van der Waals surface area contributed by atoms with E-state index in [4.69, 9.17) is 14.6 Å². The summed E-state index contributed by atoms with van der Waals surface area (Å²) in [5, 5.41) is 40.6. The molecule has 22 heavy (non-hydrogen) atoms. The number of hydrogen-bond acceptors (Lipinski definition) is 8. The molecule has 1 amide bonds. The van der Waals surface area contributed by atoms with Gasteiger partial charge in [0, 0.05) is 19.2 Å². The van der Waals surface area contributed by atoms with E-state index in [1.807, 2.05) is 0 Å². The molecule has 1 heterocycles. The Kier molecular flexibility index (Phi) is 9.25. The van der Waals surface area contributed by atoms with Gasteiger partial charge in [-0.3, -0.25) is 4.79 Å². The van der Waals surface area contributed by atoms with Crippen molar-refractivity contribution in [3.63, 3.8) is 0 Å². The van der Waals surface area contributed by atoms with Crippen molar-refractivity contribution >= 4 is 17.7 Å². The standard InChI is InChI=1S/C13H25NO7S/c1-14-9(16)3-6-22-5-2-4-20-13-12(19)11(18)10(17)8(7-15)21-13/h8,10-13,15,17-19H,2-7H2,1H3,(H,14,16)/t8?,10-,11-,12?,13+/m0/s1. The van der Waals surface area contributed by atoms with Crippen molar-refractivity contribution in [1.29, 1.82) is 0 Å². The Morgan fingerprint density at radius 1 is 1.23 bits per heavy atom. The lowest BCUT2D eigenvalue weighted by Crippen LogP contribution is -2.59. The summed E-state index contributed by atoms with van der Waals surface area (Å²) in [7, 11) is 1.60. The Labute approximate surface area is 133 Å². The molecule has 1 rings (SSSR count). The van der Waals surface area contributed by atoms with Gasteiger partial charge in [0.25, 0.3) is 0 Å². The van der Waals surface area contributed by atoms with E-state index in [1.165, 1.54) is 0 Å². The minimum atomic E-state index is -1.42. The average Bonchev–Trinajstić information content (AvgIpc) is 2.53.